The third-order valence-electron chi connectivity index (χ3n) is 4.98. The fraction of sp³-hybridized carbons (Fsp3) is 0.435. The van der Waals surface area contributed by atoms with Gasteiger partial charge in [0.25, 0.3) is 0 Å². The number of nitrogens with zero attached hydrogens (tertiary/aromatic N) is 4. The van der Waals surface area contributed by atoms with Crippen molar-refractivity contribution in [1.82, 2.24) is 14.9 Å². The van der Waals surface area contributed by atoms with E-state index >= 15 is 0 Å². The smallest absolute Gasteiger partial charge is 0.411 e. The monoisotopic (exact) mass is 474 g/mol. The maximum Gasteiger partial charge on any atom is 0.411 e. The van der Waals surface area contributed by atoms with Gasteiger partial charge in [0, 0.05) is 6.42 Å². The molecule has 34 heavy (non-hydrogen) atoms. The summed E-state index contributed by atoms with van der Waals surface area (Å²) in [6.07, 6.45) is -1.28. The number of allylic oxidation sites excluding steroid dienone is 1. The summed E-state index contributed by atoms with van der Waals surface area (Å²) in [5.41, 5.74) is -1.02. The van der Waals surface area contributed by atoms with Gasteiger partial charge in [-0.15, -0.1) is 0 Å². The molecular formula is C23H24F2N4O5. The Morgan fingerprint density at radius 3 is 2.56 bits per heavy atom. The van der Waals surface area contributed by atoms with Crippen LogP contribution >= 0.6 is 0 Å². The summed E-state index contributed by atoms with van der Waals surface area (Å²) in [7, 11) is 1.17. The number of likely N-dealkylation sites (tertiary alicyclic amines) is 1. The van der Waals surface area contributed by atoms with Crippen molar-refractivity contribution in [3.8, 4) is 11.9 Å². The van der Waals surface area contributed by atoms with E-state index in [0.29, 0.717) is 6.08 Å². The number of aromatic nitrogens is 2. The van der Waals surface area contributed by atoms with Crippen molar-refractivity contribution in [2.75, 3.05) is 13.7 Å². The number of carbonyl (C=O) groups excluding carboxylic acids is 2. The Labute approximate surface area is 194 Å². The number of esters is 1. The first-order valence-electron chi connectivity index (χ1n) is 10.4. The van der Waals surface area contributed by atoms with Crippen molar-refractivity contribution in [2.24, 2.45) is 0 Å². The molecular weight excluding hydrogens is 450 g/mol. The summed E-state index contributed by atoms with van der Waals surface area (Å²) < 4.78 is 45.2. The van der Waals surface area contributed by atoms with Gasteiger partial charge < -0.3 is 14.2 Å². The van der Waals surface area contributed by atoms with E-state index in [-0.39, 0.29) is 29.6 Å². The predicted octanol–water partition coefficient (Wildman–Crippen LogP) is 3.71. The van der Waals surface area contributed by atoms with E-state index in [1.807, 2.05) is 6.07 Å². The Bertz CT molecular complexity index is 1170. The van der Waals surface area contributed by atoms with Gasteiger partial charge in [0.15, 0.2) is 5.69 Å². The number of ether oxygens (including phenoxy) is 3. The molecule has 2 unspecified atom stereocenters. The lowest BCUT2D eigenvalue weighted by atomic mass is 10.1. The zero-order valence-corrected chi connectivity index (χ0v) is 19.2. The van der Waals surface area contributed by atoms with Crippen LogP contribution in [0.4, 0.5) is 13.6 Å². The van der Waals surface area contributed by atoms with Crippen molar-refractivity contribution in [1.29, 1.82) is 5.26 Å². The van der Waals surface area contributed by atoms with Crippen molar-refractivity contribution >= 4 is 23.1 Å². The number of hydrogen-bond donors (Lipinski definition) is 0. The fourth-order valence-electron chi connectivity index (χ4n) is 3.43. The molecule has 2 heterocycles. The zero-order valence-electron chi connectivity index (χ0n) is 19.2. The molecule has 3 rings (SSSR count). The number of nitriles is 1. The van der Waals surface area contributed by atoms with Crippen molar-refractivity contribution in [3.05, 3.63) is 42.1 Å². The highest BCUT2D eigenvalue weighted by Crippen LogP contribution is 2.36. The van der Waals surface area contributed by atoms with E-state index in [4.69, 9.17) is 19.5 Å². The van der Waals surface area contributed by atoms with Gasteiger partial charge in [-0.3, -0.25) is 4.90 Å². The van der Waals surface area contributed by atoms with Crippen LogP contribution in [-0.2, 0) is 20.2 Å². The highest BCUT2D eigenvalue weighted by atomic mass is 19.3. The van der Waals surface area contributed by atoms with Crippen LogP contribution in [0.2, 0.25) is 0 Å². The summed E-state index contributed by atoms with van der Waals surface area (Å²) >= 11 is 0. The van der Waals surface area contributed by atoms with Crippen LogP contribution in [0.5, 0.6) is 5.88 Å². The van der Waals surface area contributed by atoms with Crippen LogP contribution in [0.3, 0.4) is 0 Å². The van der Waals surface area contributed by atoms with Crippen LogP contribution in [0.15, 0.2) is 30.9 Å². The minimum absolute atomic E-state index is 0.0387. The van der Waals surface area contributed by atoms with E-state index in [1.165, 1.54) is 25.3 Å². The molecule has 0 bridgehead atoms. The summed E-state index contributed by atoms with van der Waals surface area (Å²) in [6.45, 7) is 8.04. The van der Waals surface area contributed by atoms with Crippen LogP contribution in [0, 0.1) is 11.3 Å². The lowest BCUT2D eigenvalue weighted by molar-refractivity contribution is -0.145. The number of hydrogen-bond acceptors (Lipinski definition) is 8. The first-order chi connectivity index (χ1) is 15.9. The molecule has 0 spiro atoms. The molecule has 1 aromatic carbocycles. The van der Waals surface area contributed by atoms with E-state index in [9.17, 15) is 18.4 Å². The quantitative estimate of drug-likeness (QED) is 0.476. The van der Waals surface area contributed by atoms with E-state index in [0.717, 1.165) is 4.90 Å². The number of alkyl halides is 2. The second-order valence-electron chi connectivity index (χ2n) is 8.67. The Balaban J connectivity index is 1.99. The number of benzene rings is 1. The number of carbonyl (C=O) groups is 2. The summed E-state index contributed by atoms with van der Waals surface area (Å²) in [5, 5.41) is 9.13. The zero-order chi connectivity index (χ0) is 25.3. The molecule has 0 N–H and O–H groups in total. The minimum Gasteiger partial charge on any atom is -0.471 e. The molecule has 11 heteroatoms. The molecule has 1 aliphatic rings. The molecule has 1 fully saturated rings. The molecule has 0 radical (unpaired) electrons. The van der Waals surface area contributed by atoms with Gasteiger partial charge in [0.1, 0.15) is 17.7 Å². The maximum atomic E-state index is 14.6. The van der Waals surface area contributed by atoms with Crippen LogP contribution < -0.4 is 4.74 Å². The first-order valence-corrected chi connectivity index (χ1v) is 10.4. The van der Waals surface area contributed by atoms with Gasteiger partial charge in [-0.05, 0) is 45.0 Å². The average molecular weight is 474 g/mol. The highest BCUT2D eigenvalue weighted by molar-refractivity contribution is 5.82. The molecule has 0 aliphatic carbocycles. The molecule has 180 valence electrons. The largest absolute Gasteiger partial charge is 0.471 e. The second kappa shape index (κ2) is 9.21. The third kappa shape index (κ3) is 5.22. The summed E-state index contributed by atoms with van der Waals surface area (Å²) in [4.78, 5) is 34.2. The predicted molar refractivity (Wildman–Crippen MR) is 116 cm³/mol. The minimum atomic E-state index is -3.57. The van der Waals surface area contributed by atoms with Crippen LogP contribution in [-0.4, -0.2) is 58.3 Å². The SMILES string of the molecule is C=CC(F)(F)c1nc2ccc(C#N)cc2nc1OC1CC(C(=O)OC)N(C(=O)OC(C)(C)C)C1. The average Bonchev–Trinajstić information content (AvgIpc) is 3.20. The third-order valence-corrected chi connectivity index (χ3v) is 4.98. The Hall–Kier alpha value is -3.81. The fourth-order valence-corrected chi connectivity index (χ4v) is 3.43. The Morgan fingerprint density at radius 2 is 1.97 bits per heavy atom. The van der Waals surface area contributed by atoms with Gasteiger partial charge in [-0.25, -0.2) is 19.6 Å². The van der Waals surface area contributed by atoms with Gasteiger partial charge in [0.05, 0.1) is 36.3 Å². The number of fused-ring (bicyclic) bond motifs is 1. The maximum absolute atomic E-state index is 14.6. The topological polar surface area (TPSA) is 115 Å². The van der Waals surface area contributed by atoms with Gasteiger partial charge in [-0.2, -0.15) is 14.0 Å². The van der Waals surface area contributed by atoms with E-state index in [2.05, 4.69) is 16.5 Å². The molecule has 2 atom stereocenters. The lowest BCUT2D eigenvalue weighted by Crippen LogP contribution is -2.44. The summed E-state index contributed by atoms with van der Waals surface area (Å²) in [5.74, 6) is -4.76. The highest BCUT2D eigenvalue weighted by Gasteiger charge is 2.44. The molecule has 0 saturated carbocycles. The molecule has 1 saturated heterocycles. The number of amides is 1. The molecule has 2 aromatic rings. The Kier molecular flexibility index (Phi) is 6.72. The van der Waals surface area contributed by atoms with E-state index in [1.54, 1.807) is 20.8 Å². The number of halogens is 2. The lowest BCUT2D eigenvalue weighted by Gasteiger charge is -2.27. The van der Waals surface area contributed by atoms with Crippen molar-refractivity contribution in [3.63, 3.8) is 0 Å². The van der Waals surface area contributed by atoms with Crippen molar-refractivity contribution in [2.45, 2.75) is 50.9 Å². The number of rotatable bonds is 5. The Morgan fingerprint density at radius 1 is 1.26 bits per heavy atom. The first kappa shape index (κ1) is 24.8. The normalized spacial score (nSPS) is 18.3. The number of methoxy groups -OCH3 is 1. The molecule has 1 amide bonds. The molecule has 9 nitrogen and oxygen atoms in total. The second-order valence-corrected chi connectivity index (χ2v) is 8.67. The summed E-state index contributed by atoms with van der Waals surface area (Å²) in [6, 6.07) is 5.14. The van der Waals surface area contributed by atoms with Gasteiger partial charge >= 0.3 is 18.0 Å². The van der Waals surface area contributed by atoms with E-state index < -0.39 is 47.3 Å². The molecule has 1 aromatic heterocycles. The van der Waals surface area contributed by atoms with Gasteiger partial charge in [0.2, 0.25) is 5.88 Å². The van der Waals surface area contributed by atoms with Gasteiger partial charge in [-0.1, -0.05) is 6.58 Å². The molecule has 1 aliphatic heterocycles. The van der Waals surface area contributed by atoms with Crippen LogP contribution in [0.1, 0.15) is 38.4 Å². The standard InChI is InChI=1S/C23H24F2N4O5/c1-6-23(24,25)18-19(28-16-9-13(11-26)7-8-15(16)27-18)33-14-10-17(20(30)32-5)29(12-14)21(31)34-22(2,3)4/h6-9,14,17H,1,10,12H2,2-5H3. The van der Waals surface area contributed by atoms with Crippen molar-refractivity contribution < 1.29 is 32.6 Å². The van der Waals surface area contributed by atoms with Crippen LogP contribution in [0.25, 0.3) is 11.0 Å².